The first-order valence-corrected chi connectivity index (χ1v) is 7.00. The van der Waals surface area contributed by atoms with Crippen LogP contribution in [0.3, 0.4) is 0 Å². The van der Waals surface area contributed by atoms with E-state index in [1.807, 2.05) is 18.7 Å². The van der Waals surface area contributed by atoms with E-state index in [-0.39, 0.29) is 6.10 Å². The summed E-state index contributed by atoms with van der Waals surface area (Å²) in [6.07, 6.45) is 1.29. The fourth-order valence-electron chi connectivity index (χ4n) is 1.75. The smallest absolute Gasteiger partial charge is 0.243 e. The van der Waals surface area contributed by atoms with Gasteiger partial charge in [-0.2, -0.15) is 15.0 Å². The van der Waals surface area contributed by atoms with Gasteiger partial charge in [-0.05, 0) is 33.6 Å². The molecule has 0 fully saturated rings. The van der Waals surface area contributed by atoms with Gasteiger partial charge in [0.15, 0.2) is 0 Å². The molecule has 114 valence electrons. The van der Waals surface area contributed by atoms with Crippen LogP contribution in [0.2, 0.25) is 0 Å². The Morgan fingerprint density at radius 1 is 1.20 bits per heavy atom. The van der Waals surface area contributed by atoms with Crippen LogP contribution >= 0.6 is 0 Å². The maximum Gasteiger partial charge on any atom is 0.243 e. The van der Waals surface area contributed by atoms with Crippen molar-refractivity contribution >= 4 is 17.8 Å². The molecule has 0 saturated heterocycles. The van der Waals surface area contributed by atoms with Gasteiger partial charge in [0, 0.05) is 19.6 Å². The van der Waals surface area contributed by atoms with Crippen molar-refractivity contribution in [1.82, 2.24) is 15.0 Å². The van der Waals surface area contributed by atoms with E-state index in [2.05, 4.69) is 25.7 Å². The molecular formula is C12H25N7O. The van der Waals surface area contributed by atoms with Gasteiger partial charge < -0.3 is 15.3 Å². The molecule has 1 heterocycles. The molecule has 0 aliphatic carbocycles. The Morgan fingerprint density at radius 3 is 2.40 bits per heavy atom. The first-order chi connectivity index (χ1) is 9.60. The van der Waals surface area contributed by atoms with Crippen molar-refractivity contribution in [2.24, 2.45) is 5.84 Å². The van der Waals surface area contributed by atoms with Crippen LogP contribution in [0.25, 0.3) is 0 Å². The molecule has 1 atom stereocenters. The number of aromatic nitrogens is 3. The van der Waals surface area contributed by atoms with E-state index in [1.54, 1.807) is 6.92 Å². The highest BCUT2D eigenvalue weighted by Gasteiger charge is 2.10. The summed E-state index contributed by atoms with van der Waals surface area (Å²) in [5.41, 5.74) is 2.45. The fourth-order valence-corrected chi connectivity index (χ4v) is 1.75. The van der Waals surface area contributed by atoms with Crippen LogP contribution in [0.4, 0.5) is 17.8 Å². The van der Waals surface area contributed by atoms with Gasteiger partial charge in [0.05, 0.1) is 6.10 Å². The minimum Gasteiger partial charge on any atom is -0.393 e. The minimum atomic E-state index is -0.289. The fraction of sp³-hybridized carbons (Fsp3) is 0.750. The van der Waals surface area contributed by atoms with Crippen LogP contribution in [-0.2, 0) is 0 Å². The SMILES string of the molecule is CCN(CC)c1nc(NN)nc(NCCCC(C)O)n1. The van der Waals surface area contributed by atoms with Gasteiger partial charge in [-0.25, -0.2) is 5.84 Å². The second-order valence-corrected chi connectivity index (χ2v) is 4.52. The van der Waals surface area contributed by atoms with E-state index in [1.165, 1.54) is 0 Å². The van der Waals surface area contributed by atoms with E-state index in [9.17, 15) is 5.11 Å². The van der Waals surface area contributed by atoms with Gasteiger partial charge >= 0.3 is 0 Å². The largest absolute Gasteiger partial charge is 0.393 e. The first-order valence-electron chi connectivity index (χ1n) is 7.00. The number of nitrogens with two attached hydrogens (primary N) is 1. The van der Waals surface area contributed by atoms with Crippen molar-refractivity contribution in [1.29, 1.82) is 0 Å². The minimum absolute atomic E-state index is 0.289. The highest BCUT2D eigenvalue weighted by Crippen LogP contribution is 2.12. The zero-order valence-electron chi connectivity index (χ0n) is 12.4. The van der Waals surface area contributed by atoms with Crippen LogP contribution in [0.15, 0.2) is 0 Å². The van der Waals surface area contributed by atoms with Gasteiger partial charge in [0.25, 0.3) is 0 Å². The molecule has 1 unspecified atom stereocenters. The predicted molar refractivity (Wildman–Crippen MR) is 80.6 cm³/mol. The van der Waals surface area contributed by atoms with E-state index in [4.69, 9.17) is 5.84 Å². The predicted octanol–water partition coefficient (Wildman–Crippen LogP) is 0.576. The molecule has 8 heteroatoms. The third-order valence-corrected chi connectivity index (χ3v) is 2.88. The zero-order valence-corrected chi connectivity index (χ0v) is 12.4. The summed E-state index contributed by atoms with van der Waals surface area (Å²) in [5.74, 6) is 6.80. The molecule has 20 heavy (non-hydrogen) atoms. The number of hydrazine groups is 1. The highest BCUT2D eigenvalue weighted by atomic mass is 16.3. The average molecular weight is 283 g/mol. The van der Waals surface area contributed by atoms with Crippen molar-refractivity contribution in [3.63, 3.8) is 0 Å². The standard InChI is InChI=1S/C12H25N7O/c1-4-19(5-2)12-16-10(15-11(17-12)18-13)14-8-6-7-9(3)20/h9,20H,4-8,13H2,1-3H3,(H2,14,15,16,17,18). The van der Waals surface area contributed by atoms with Gasteiger partial charge in [0.1, 0.15) is 0 Å². The Hall–Kier alpha value is -1.67. The average Bonchev–Trinajstić information content (AvgIpc) is 2.44. The van der Waals surface area contributed by atoms with E-state index < -0.39 is 0 Å². The molecular weight excluding hydrogens is 258 g/mol. The van der Waals surface area contributed by atoms with Gasteiger partial charge in [-0.15, -0.1) is 0 Å². The van der Waals surface area contributed by atoms with Crippen LogP contribution in [0.5, 0.6) is 0 Å². The molecule has 0 aromatic carbocycles. The molecule has 0 amide bonds. The lowest BCUT2D eigenvalue weighted by atomic mass is 10.2. The Kier molecular flexibility index (Phi) is 6.96. The summed E-state index contributed by atoms with van der Waals surface area (Å²) in [5, 5.41) is 12.3. The third-order valence-electron chi connectivity index (χ3n) is 2.88. The van der Waals surface area contributed by atoms with E-state index in [0.717, 1.165) is 25.9 Å². The Balaban J connectivity index is 2.72. The van der Waals surface area contributed by atoms with Gasteiger partial charge in [-0.1, -0.05) is 0 Å². The summed E-state index contributed by atoms with van der Waals surface area (Å²) in [4.78, 5) is 14.8. The summed E-state index contributed by atoms with van der Waals surface area (Å²) >= 11 is 0. The molecule has 0 aliphatic rings. The lowest BCUT2D eigenvalue weighted by molar-refractivity contribution is 0.183. The highest BCUT2D eigenvalue weighted by molar-refractivity contribution is 5.43. The molecule has 0 radical (unpaired) electrons. The lowest BCUT2D eigenvalue weighted by Crippen LogP contribution is -2.26. The maximum atomic E-state index is 9.21. The molecule has 1 aromatic rings. The molecule has 1 aromatic heterocycles. The molecule has 0 spiro atoms. The number of anilines is 3. The normalized spacial score (nSPS) is 12.1. The van der Waals surface area contributed by atoms with Crippen molar-refractivity contribution < 1.29 is 5.11 Å². The second kappa shape index (κ2) is 8.49. The van der Waals surface area contributed by atoms with Crippen molar-refractivity contribution in [2.45, 2.75) is 39.7 Å². The van der Waals surface area contributed by atoms with E-state index in [0.29, 0.717) is 24.4 Å². The summed E-state index contributed by atoms with van der Waals surface area (Å²) < 4.78 is 0. The van der Waals surface area contributed by atoms with Gasteiger partial charge in [-0.3, -0.25) is 5.43 Å². The van der Waals surface area contributed by atoms with Crippen LogP contribution in [0.1, 0.15) is 33.6 Å². The number of nitrogens with zero attached hydrogens (tertiary/aromatic N) is 4. The van der Waals surface area contributed by atoms with Crippen molar-refractivity contribution in [3.8, 4) is 0 Å². The monoisotopic (exact) mass is 283 g/mol. The summed E-state index contributed by atoms with van der Waals surface area (Å²) in [7, 11) is 0. The number of nitrogens with one attached hydrogen (secondary N) is 2. The van der Waals surface area contributed by atoms with Crippen molar-refractivity contribution in [2.75, 3.05) is 35.3 Å². The Morgan fingerprint density at radius 2 is 1.85 bits per heavy atom. The molecule has 0 saturated carbocycles. The maximum absolute atomic E-state index is 9.21. The molecule has 0 aliphatic heterocycles. The number of hydrogen-bond acceptors (Lipinski definition) is 8. The Bertz CT molecular complexity index is 395. The number of aliphatic hydroxyl groups excluding tert-OH is 1. The first kappa shape index (κ1) is 16.4. The Labute approximate surface area is 119 Å². The molecule has 1 rings (SSSR count). The third kappa shape index (κ3) is 5.14. The zero-order chi connectivity index (χ0) is 15.0. The number of aliphatic hydroxyl groups is 1. The topological polar surface area (TPSA) is 112 Å². The number of nitrogen functional groups attached to an aromatic ring is 1. The van der Waals surface area contributed by atoms with Crippen molar-refractivity contribution in [3.05, 3.63) is 0 Å². The summed E-state index contributed by atoms with van der Waals surface area (Å²) in [6.45, 7) is 8.17. The van der Waals surface area contributed by atoms with Crippen LogP contribution in [0, 0.1) is 0 Å². The molecule has 5 N–H and O–H groups in total. The van der Waals surface area contributed by atoms with Crippen LogP contribution < -0.4 is 21.5 Å². The second-order valence-electron chi connectivity index (χ2n) is 4.52. The number of rotatable bonds is 9. The summed E-state index contributed by atoms with van der Waals surface area (Å²) in [6, 6.07) is 0. The number of hydrogen-bond donors (Lipinski definition) is 4. The molecule has 0 bridgehead atoms. The quantitative estimate of drug-likeness (QED) is 0.296. The van der Waals surface area contributed by atoms with E-state index >= 15 is 0 Å². The van der Waals surface area contributed by atoms with Gasteiger partial charge in [0.2, 0.25) is 17.8 Å². The lowest BCUT2D eigenvalue weighted by Gasteiger charge is -2.19. The molecule has 8 nitrogen and oxygen atoms in total. The van der Waals surface area contributed by atoms with Crippen LogP contribution in [-0.4, -0.2) is 45.8 Å².